The highest BCUT2D eigenvalue weighted by molar-refractivity contribution is 5.47. The zero-order valence-corrected chi connectivity index (χ0v) is 7.79. The van der Waals surface area contributed by atoms with E-state index >= 15 is 0 Å². The molecular weight excluding hydrogens is 166 g/mol. The molecule has 3 nitrogen and oxygen atoms in total. The van der Waals surface area contributed by atoms with Crippen molar-refractivity contribution in [3.63, 3.8) is 0 Å². The van der Waals surface area contributed by atoms with Crippen molar-refractivity contribution in [2.45, 2.75) is 13.3 Å². The number of anilines is 1. The van der Waals surface area contributed by atoms with E-state index in [2.05, 4.69) is 0 Å². The molecule has 0 saturated carbocycles. The molecule has 1 rings (SSSR count). The fourth-order valence-electron chi connectivity index (χ4n) is 1.02. The van der Waals surface area contributed by atoms with E-state index in [4.69, 9.17) is 15.6 Å². The third kappa shape index (κ3) is 2.95. The van der Waals surface area contributed by atoms with Crippen molar-refractivity contribution in [3.8, 4) is 5.75 Å². The lowest BCUT2D eigenvalue weighted by Crippen LogP contribution is -2.01. The molecule has 0 unspecified atom stereocenters. The van der Waals surface area contributed by atoms with Crippen LogP contribution in [0.15, 0.2) is 18.2 Å². The van der Waals surface area contributed by atoms with Crippen LogP contribution in [0.3, 0.4) is 0 Å². The minimum Gasteiger partial charge on any atom is -0.493 e. The highest BCUT2D eigenvalue weighted by atomic mass is 16.5. The lowest BCUT2D eigenvalue weighted by Gasteiger charge is -2.08. The first kappa shape index (κ1) is 9.86. The zero-order valence-electron chi connectivity index (χ0n) is 7.79. The minimum absolute atomic E-state index is 0.154. The van der Waals surface area contributed by atoms with Crippen molar-refractivity contribution in [1.29, 1.82) is 0 Å². The van der Waals surface area contributed by atoms with Gasteiger partial charge in [0.15, 0.2) is 0 Å². The molecule has 0 atom stereocenters. The van der Waals surface area contributed by atoms with Crippen LogP contribution in [0.1, 0.15) is 12.0 Å². The maximum Gasteiger partial charge on any atom is 0.124 e. The van der Waals surface area contributed by atoms with Gasteiger partial charge in [-0.1, -0.05) is 6.07 Å². The smallest absolute Gasteiger partial charge is 0.124 e. The molecule has 0 radical (unpaired) electrons. The second-order valence-electron chi connectivity index (χ2n) is 2.95. The van der Waals surface area contributed by atoms with Crippen molar-refractivity contribution < 1.29 is 9.84 Å². The summed E-state index contributed by atoms with van der Waals surface area (Å²) in [5.41, 5.74) is 7.36. The van der Waals surface area contributed by atoms with Crippen molar-refractivity contribution in [3.05, 3.63) is 23.8 Å². The number of aliphatic hydroxyl groups excluding tert-OH is 1. The molecule has 0 amide bonds. The minimum atomic E-state index is 0.154. The summed E-state index contributed by atoms with van der Waals surface area (Å²) in [5, 5.41) is 8.56. The predicted octanol–water partition coefficient (Wildman–Crippen LogP) is 1.34. The molecule has 0 aliphatic rings. The van der Waals surface area contributed by atoms with Gasteiger partial charge in [0, 0.05) is 24.8 Å². The van der Waals surface area contributed by atoms with Crippen LogP contribution in [-0.2, 0) is 0 Å². The number of hydrogen-bond acceptors (Lipinski definition) is 3. The Balaban J connectivity index is 2.59. The number of aryl methyl sites for hydroxylation is 1. The summed E-state index contributed by atoms with van der Waals surface area (Å²) >= 11 is 0. The molecule has 13 heavy (non-hydrogen) atoms. The fourth-order valence-corrected chi connectivity index (χ4v) is 1.02. The van der Waals surface area contributed by atoms with Crippen LogP contribution in [0.2, 0.25) is 0 Å². The van der Waals surface area contributed by atoms with Gasteiger partial charge in [0.25, 0.3) is 0 Å². The largest absolute Gasteiger partial charge is 0.493 e. The van der Waals surface area contributed by atoms with E-state index in [0.717, 1.165) is 11.3 Å². The molecule has 72 valence electrons. The van der Waals surface area contributed by atoms with Gasteiger partial charge in [0.2, 0.25) is 0 Å². The van der Waals surface area contributed by atoms with Gasteiger partial charge in [-0.15, -0.1) is 0 Å². The second kappa shape index (κ2) is 4.72. The lowest BCUT2D eigenvalue weighted by atomic mass is 10.2. The number of hydrogen-bond donors (Lipinski definition) is 2. The third-order valence-electron chi connectivity index (χ3n) is 1.77. The van der Waals surface area contributed by atoms with Crippen molar-refractivity contribution in [1.82, 2.24) is 0 Å². The molecule has 0 spiro atoms. The van der Waals surface area contributed by atoms with E-state index in [-0.39, 0.29) is 6.61 Å². The van der Waals surface area contributed by atoms with Crippen LogP contribution in [0, 0.1) is 6.92 Å². The fraction of sp³-hybridized carbons (Fsp3) is 0.400. The molecule has 0 heterocycles. The monoisotopic (exact) mass is 181 g/mol. The van der Waals surface area contributed by atoms with Gasteiger partial charge in [-0.3, -0.25) is 0 Å². The Morgan fingerprint density at radius 3 is 2.92 bits per heavy atom. The van der Waals surface area contributed by atoms with E-state index in [9.17, 15) is 0 Å². The number of nitrogen functional groups attached to an aromatic ring is 1. The SMILES string of the molecule is Cc1ccc(N)cc1OCCCO. The molecule has 0 aliphatic carbocycles. The number of ether oxygens (including phenoxy) is 1. The lowest BCUT2D eigenvalue weighted by molar-refractivity contribution is 0.233. The molecule has 0 saturated heterocycles. The zero-order chi connectivity index (χ0) is 9.68. The maximum atomic E-state index is 8.56. The van der Waals surface area contributed by atoms with Crippen molar-refractivity contribution in [2.75, 3.05) is 18.9 Å². The second-order valence-corrected chi connectivity index (χ2v) is 2.95. The van der Waals surface area contributed by atoms with Crippen molar-refractivity contribution >= 4 is 5.69 Å². The number of benzene rings is 1. The van der Waals surface area contributed by atoms with Crippen LogP contribution >= 0.6 is 0 Å². The van der Waals surface area contributed by atoms with Crippen LogP contribution in [0.25, 0.3) is 0 Å². The Kier molecular flexibility index (Phi) is 3.58. The van der Waals surface area contributed by atoms with Gasteiger partial charge < -0.3 is 15.6 Å². The highest BCUT2D eigenvalue weighted by Crippen LogP contribution is 2.20. The van der Waals surface area contributed by atoms with Gasteiger partial charge in [0.1, 0.15) is 5.75 Å². The van der Waals surface area contributed by atoms with Crippen molar-refractivity contribution in [2.24, 2.45) is 0 Å². The average Bonchev–Trinajstić information content (AvgIpc) is 2.11. The first-order valence-electron chi connectivity index (χ1n) is 4.34. The third-order valence-corrected chi connectivity index (χ3v) is 1.77. The predicted molar refractivity (Wildman–Crippen MR) is 52.8 cm³/mol. The van der Waals surface area contributed by atoms with Gasteiger partial charge in [-0.2, -0.15) is 0 Å². The number of aliphatic hydroxyl groups is 1. The van der Waals surface area contributed by atoms with E-state index in [1.165, 1.54) is 0 Å². The molecule has 0 fully saturated rings. The van der Waals surface area contributed by atoms with E-state index < -0.39 is 0 Å². The molecule has 1 aromatic carbocycles. The van der Waals surface area contributed by atoms with Crippen LogP contribution in [-0.4, -0.2) is 18.3 Å². The topological polar surface area (TPSA) is 55.5 Å². The number of nitrogens with two attached hydrogens (primary N) is 1. The summed E-state index contributed by atoms with van der Waals surface area (Å²) in [6, 6.07) is 5.56. The summed E-state index contributed by atoms with van der Waals surface area (Å²) in [7, 11) is 0. The Morgan fingerprint density at radius 2 is 2.23 bits per heavy atom. The summed E-state index contributed by atoms with van der Waals surface area (Å²) in [4.78, 5) is 0. The van der Waals surface area contributed by atoms with E-state index in [0.29, 0.717) is 18.7 Å². The van der Waals surface area contributed by atoms with Crippen LogP contribution in [0.4, 0.5) is 5.69 Å². The Morgan fingerprint density at radius 1 is 1.46 bits per heavy atom. The van der Waals surface area contributed by atoms with Gasteiger partial charge in [0.05, 0.1) is 6.61 Å². The first-order chi connectivity index (χ1) is 6.24. The van der Waals surface area contributed by atoms with Crippen LogP contribution in [0.5, 0.6) is 5.75 Å². The normalized spacial score (nSPS) is 10.0. The van der Waals surface area contributed by atoms with Gasteiger partial charge >= 0.3 is 0 Å². The molecule has 3 heteroatoms. The van der Waals surface area contributed by atoms with Crippen LogP contribution < -0.4 is 10.5 Å². The van der Waals surface area contributed by atoms with E-state index in [1.54, 1.807) is 6.07 Å². The maximum absolute atomic E-state index is 8.56. The summed E-state index contributed by atoms with van der Waals surface area (Å²) in [6.45, 7) is 2.65. The Bertz CT molecular complexity index is 274. The quantitative estimate of drug-likeness (QED) is 0.544. The summed E-state index contributed by atoms with van der Waals surface area (Å²) in [5.74, 6) is 0.799. The molecular formula is C10H15NO2. The number of rotatable bonds is 4. The summed E-state index contributed by atoms with van der Waals surface area (Å²) < 4.78 is 5.42. The molecule has 0 aliphatic heterocycles. The standard InChI is InChI=1S/C10H15NO2/c1-8-3-4-9(11)7-10(8)13-6-2-5-12/h3-4,7,12H,2,5-6,11H2,1H3. The van der Waals surface area contributed by atoms with E-state index in [1.807, 2.05) is 19.1 Å². The average molecular weight is 181 g/mol. The Labute approximate surface area is 78.1 Å². The van der Waals surface area contributed by atoms with Gasteiger partial charge in [-0.25, -0.2) is 0 Å². The highest BCUT2D eigenvalue weighted by Gasteiger charge is 1.98. The molecule has 0 bridgehead atoms. The molecule has 1 aromatic rings. The summed E-state index contributed by atoms with van der Waals surface area (Å²) in [6.07, 6.45) is 0.647. The molecule has 3 N–H and O–H groups in total. The molecule has 0 aromatic heterocycles. The first-order valence-corrected chi connectivity index (χ1v) is 4.34. The Hall–Kier alpha value is -1.22. The van der Waals surface area contributed by atoms with Gasteiger partial charge in [-0.05, 0) is 18.6 Å².